The minimum atomic E-state index is -3.27. The molecule has 0 unspecified atom stereocenters. The lowest BCUT2D eigenvalue weighted by Gasteiger charge is -2.25. The molecule has 120 valence electrons. The Morgan fingerprint density at radius 3 is 1.50 bits per heavy atom. The molecule has 0 aromatic rings. The zero-order chi connectivity index (χ0) is 15.5. The lowest BCUT2D eigenvalue weighted by Crippen LogP contribution is -2.44. The quantitative estimate of drug-likeness (QED) is 0.405. The van der Waals surface area contributed by atoms with Gasteiger partial charge in [-0.3, -0.25) is 4.57 Å². The predicted octanol–water partition coefficient (Wildman–Crippen LogP) is 3.35. The van der Waals surface area contributed by atoms with E-state index in [0.29, 0.717) is 33.0 Å². The van der Waals surface area contributed by atoms with Gasteiger partial charge in [-0.15, -0.1) is 0 Å². The van der Waals surface area contributed by atoms with E-state index in [1.807, 2.05) is 20.8 Å². The van der Waals surface area contributed by atoms with Crippen LogP contribution in [-0.2, 0) is 26.9 Å². The fourth-order valence-electron chi connectivity index (χ4n) is 1.54. The van der Waals surface area contributed by atoms with Gasteiger partial charge >= 0.3 is 16.4 Å². The number of hydrogen-bond donors (Lipinski definition) is 0. The van der Waals surface area contributed by atoms with E-state index in [-0.39, 0.29) is 0 Å². The molecule has 0 aromatic heterocycles. The second kappa shape index (κ2) is 10.7. The van der Waals surface area contributed by atoms with Crippen molar-refractivity contribution >= 4 is 16.4 Å². The highest BCUT2D eigenvalue weighted by Crippen LogP contribution is 2.50. The zero-order valence-corrected chi connectivity index (χ0v) is 15.0. The van der Waals surface area contributed by atoms with Crippen molar-refractivity contribution in [1.29, 1.82) is 0 Å². The first-order valence-corrected chi connectivity index (χ1v) is 10.4. The van der Waals surface area contributed by atoms with Gasteiger partial charge < -0.3 is 22.3 Å². The van der Waals surface area contributed by atoms with Gasteiger partial charge in [-0.25, -0.2) is 0 Å². The molecule has 0 fully saturated rings. The van der Waals surface area contributed by atoms with Crippen LogP contribution in [0.25, 0.3) is 0 Å². The summed E-state index contributed by atoms with van der Waals surface area (Å²) in [5.74, 6) is 1.40. The molecule has 0 rings (SSSR count). The first kappa shape index (κ1) is 20.0. The van der Waals surface area contributed by atoms with Crippen molar-refractivity contribution in [2.45, 2.75) is 34.6 Å². The first-order chi connectivity index (χ1) is 9.51. The van der Waals surface area contributed by atoms with Crippen molar-refractivity contribution in [2.24, 2.45) is 0 Å². The molecule has 6 nitrogen and oxygen atoms in total. The van der Waals surface area contributed by atoms with E-state index in [0.717, 1.165) is 0 Å². The van der Waals surface area contributed by atoms with Gasteiger partial charge in [-0.2, -0.15) is 0 Å². The van der Waals surface area contributed by atoms with E-state index >= 15 is 0 Å². The summed E-state index contributed by atoms with van der Waals surface area (Å²) in [6, 6.07) is 0. The van der Waals surface area contributed by atoms with Crippen molar-refractivity contribution in [2.75, 3.05) is 33.0 Å². The number of hydrogen-bond acceptors (Lipinski definition) is 6. The van der Waals surface area contributed by atoms with Crippen molar-refractivity contribution in [3.63, 3.8) is 0 Å². The van der Waals surface area contributed by atoms with Crippen molar-refractivity contribution in [1.82, 2.24) is 0 Å². The summed E-state index contributed by atoms with van der Waals surface area (Å²) in [4.78, 5) is 0. The van der Waals surface area contributed by atoms with Crippen LogP contribution >= 0.6 is 7.60 Å². The molecule has 0 aromatic carbocycles. The normalized spacial score (nSPS) is 13.2. The van der Waals surface area contributed by atoms with Crippen molar-refractivity contribution < 1.29 is 26.9 Å². The molecule has 8 heteroatoms. The summed E-state index contributed by atoms with van der Waals surface area (Å²) >= 11 is 0. The van der Waals surface area contributed by atoms with Crippen LogP contribution in [0.15, 0.2) is 11.5 Å². The Morgan fingerprint density at radius 2 is 1.20 bits per heavy atom. The molecule has 0 amide bonds. The minimum Gasteiger partial charge on any atom is -0.371 e. The summed E-state index contributed by atoms with van der Waals surface area (Å²) in [7, 11) is -6.25. The maximum absolute atomic E-state index is 12.4. The molecule has 0 spiro atoms. The summed E-state index contributed by atoms with van der Waals surface area (Å²) < 4.78 is 39.7. The minimum absolute atomic E-state index is 0.300. The SMILES string of the molecule is CCO[Si](/C=C/P(=O)(OCC)OCC)(OCC)OCC. The summed E-state index contributed by atoms with van der Waals surface area (Å²) in [6.45, 7) is 11.0. The Balaban J connectivity index is 5.16. The molecule has 0 heterocycles. The Kier molecular flexibility index (Phi) is 10.7. The molecule has 20 heavy (non-hydrogen) atoms. The highest BCUT2D eigenvalue weighted by molar-refractivity contribution is 7.57. The Labute approximate surface area is 123 Å². The Hall–Kier alpha value is -0.0131. The second-order valence-electron chi connectivity index (χ2n) is 3.59. The Bertz CT molecular complexity index is 296. The molecule has 0 radical (unpaired) electrons. The summed E-state index contributed by atoms with van der Waals surface area (Å²) in [5.41, 5.74) is 1.59. The predicted molar refractivity (Wildman–Crippen MR) is 80.6 cm³/mol. The van der Waals surface area contributed by atoms with E-state index in [2.05, 4.69) is 0 Å². The number of rotatable bonds is 12. The molecule has 0 bridgehead atoms. The van der Waals surface area contributed by atoms with Gasteiger partial charge in [0.05, 0.1) is 13.2 Å². The third-order valence-corrected chi connectivity index (χ3v) is 6.79. The first-order valence-electron chi connectivity index (χ1n) is 7.02. The Morgan fingerprint density at radius 1 is 0.800 bits per heavy atom. The maximum Gasteiger partial charge on any atom is 0.529 e. The fourth-order valence-corrected chi connectivity index (χ4v) is 5.71. The molecular weight excluding hydrogens is 299 g/mol. The van der Waals surface area contributed by atoms with Crippen LogP contribution in [0.3, 0.4) is 0 Å². The van der Waals surface area contributed by atoms with Crippen molar-refractivity contribution in [3.8, 4) is 0 Å². The highest BCUT2D eigenvalue weighted by Gasteiger charge is 2.39. The second-order valence-corrected chi connectivity index (χ2v) is 7.89. The van der Waals surface area contributed by atoms with E-state index in [9.17, 15) is 4.57 Å². The lowest BCUT2D eigenvalue weighted by molar-refractivity contribution is 0.0842. The van der Waals surface area contributed by atoms with Gasteiger partial charge in [0.1, 0.15) is 0 Å². The zero-order valence-electron chi connectivity index (χ0n) is 13.1. The van der Waals surface area contributed by atoms with E-state index in [4.69, 9.17) is 22.3 Å². The lowest BCUT2D eigenvalue weighted by atomic mass is 10.9. The molecule has 0 N–H and O–H groups in total. The van der Waals surface area contributed by atoms with Crippen LogP contribution in [0.5, 0.6) is 0 Å². The molecule has 0 saturated carbocycles. The third kappa shape index (κ3) is 7.13. The van der Waals surface area contributed by atoms with Crippen LogP contribution in [-0.4, -0.2) is 41.8 Å². The molecule has 0 aliphatic heterocycles. The monoisotopic (exact) mass is 326 g/mol. The van der Waals surface area contributed by atoms with Crippen LogP contribution < -0.4 is 0 Å². The maximum atomic E-state index is 12.4. The average molecular weight is 326 g/mol. The van der Waals surface area contributed by atoms with Gasteiger partial charge in [0, 0.05) is 25.6 Å². The smallest absolute Gasteiger partial charge is 0.371 e. The fraction of sp³-hybridized carbons (Fsp3) is 0.833. The van der Waals surface area contributed by atoms with Gasteiger partial charge in [0.2, 0.25) is 0 Å². The molecule has 0 saturated heterocycles. The van der Waals surface area contributed by atoms with E-state index in [1.165, 1.54) is 5.82 Å². The topological polar surface area (TPSA) is 63.2 Å². The standard InChI is InChI=1S/C12H27O6PSi/c1-6-14-19(13,15-7-2)11-12-20(16-8-3,17-9-4)18-10-5/h11-12H,6-10H2,1-5H3/b12-11+. The van der Waals surface area contributed by atoms with Gasteiger partial charge in [0.25, 0.3) is 0 Å². The summed E-state index contributed by atoms with van der Waals surface area (Å²) in [6.07, 6.45) is 0. The summed E-state index contributed by atoms with van der Waals surface area (Å²) in [5, 5.41) is 0. The van der Waals surface area contributed by atoms with Crippen LogP contribution in [0.1, 0.15) is 34.6 Å². The third-order valence-electron chi connectivity index (χ3n) is 2.12. The molecule has 0 atom stereocenters. The molecule has 0 aliphatic carbocycles. The highest BCUT2D eigenvalue weighted by atomic mass is 31.2. The molecule has 0 aliphatic rings. The average Bonchev–Trinajstić information content (AvgIpc) is 2.38. The van der Waals surface area contributed by atoms with Gasteiger partial charge in [-0.05, 0) is 40.3 Å². The van der Waals surface area contributed by atoms with Gasteiger partial charge in [0.15, 0.2) is 0 Å². The van der Waals surface area contributed by atoms with E-state index in [1.54, 1.807) is 19.5 Å². The van der Waals surface area contributed by atoms with Crippen LogP contribution in [0.2, 0.25) is 0 Å². The van der Waals surface area contributed by atoms with Crippen LogP contribution in [0, 0.1) is 0 Å². The van der Waals surface area contributed by atoms with Gasteiger partial charge in [-0.1, -0.05) is 0 Å². The molecular formula is C12H27O6PSi. The van der Waals surface area contributed by atoms with Crippen molar-refractivity contribution in [3.05, 3.63) is 11.5 Å². The van der Waals surface area contributed by atoms with E-state index < -0.39 is 16.4 Å². The largest absolute Gasteiger partial charge is 0.529 e. The van der Waals surface area contributed by atoms with Crippen LogP contribution in [0.4, 0.5) is 0 Å².